The molecule has 1 aliphatic heterocycles. The van der Waals surface area contributed by atoms with Crippen LogP contribution in [-0.4, -0.2) is 25.3 Å². The summed E-state index contributed by atoms with van der Waals surface area (Å²) in [6.07, 6.45) is 2.72. The molecule has 2 heteroatoms. The Balaban J connectivity index is 2.34. The van der Waals surface area contributed by atoms with E-state index in [0.29, 0.717) is 12.1 Å². The second kappa shape index (κ2) is 4.83. The standard InChI is InChI=1S/C10H21NO/c1-4-9-7-11-10(8(2)3)5-6-12-9/h8-11H,4-7H2,1-3H3. The minimum atomic E-state index is 0.439. The summed E-state index contributed by atoms with van der Waals surface area (Å²) in [5, 5.41) is 3.56. The molecule has 0 aliphatic carbocycles. The molecular weight excluding hydrogens is 150 g/mol. The van der Waals surface area contributed by atoms with Crippen LogP contribution in [0, 0.1) is 5.92 Å². The van der Waals surface area contributed by atoms with Gasteiger partial charge in [0.25, 0.3) is 0 Å². The first-order chi connectivity index (χ1) is 5.74. The van der Waals surface area contributed by atoms with Crippen LogP contribution in [0.2, 0.25) is 0 Å². The summed E-state index contributed by atoms with van der Waals surface area (Å²) in [6.45, 7) is 8.67. The Morgan fingerprint density at radius 1 is 1.50 bits per heavy atom. The molecule has 1 aliphatic rings. The van der Waals surface area contributed by atoms with E-state index in [1.807, 2.05) is 0 Å². The molecule has 0 aromatic carbocycles. The van der Waals surface area contributed by atoms with Gasteiger partial charge in [0.1, 0.15) is 0 Å². The first-order valence-electron chi connectivity index (χ1n) is 5.09. The van der Waals surface area contributed by atoms with Crippen LogP contribution in [0.25, 0.3) is 0 Å². The van der Waals surface area contributed by atoms with Gasteiger partial charge < -0.3 is 10.1 Å². The number of ether oxygens (including phenoxy) is 1. The van der Waals surface area contributed by atoms with Crippen molar-refractivity contribution in [3.8, 4) is 0 Å². The molecule has 0 amide bonds. The Labute approximate surface area is 75.7 Å². The van der Waals surface area contributed by atoms with Gasteiger partial charge in [-0.05, 0) is 18.8 Å². The lowest BCUT2D eigenvalue weighted by atomic mass is 10.0. The van der Waals surface area contributed by atoms with Crippen molar-refractivity contribution >= 4 is 0 Å². The first kappa shape index (κ1) is 10.0. The van der Waals surface area contributed by atoms with Crippen LogP contribution in [0.15, 0.2) is 0 Å². The van der Waals surface area contributed by atoms with Gasteiger partial charge in [-0.25, -0.2) is 0 Å². The van der Waals surface area contributed by atoms with Gasteiger partial charge in [-0.1, -0.05) is 20.8 Å². The molecule has 1 rings (SSSR count). The molecule has 1 saturated heterocycles. The van der Waals surface area contributed by atoms with E-state index in [0.717, 1.165) is 31.9 Å². The molecule has 12 heavy (non-hydrogen) atoms. The Morgan fingerprint density at radius 2 is 2.25 bits per heavy atom. The molecule has 1 fully saturated rings. The molecule has 2 unspecified atom stereocenters. The highest BCUT2D eigenvalue weighted by Gasteiger charge is 2.19. The quantitative estimate of drug-likeness (QED) is 0.684. The van der Waals surface area contributed by atoms with Gasteiger partial charge in [0, 0.05) is 19.2 Å². The average Bonchev–Trinajstić information content (AvgIpc) is 2.28. The van der Waals surface area contributed by atoms with Crippen molar-refractivity contribution in [2.45, 2.75) is 45.8 Å². The summed E-state index contributed by atoms with van der Waals surface area (Å²) in [5.41, 5.74) is 0. The SMILES string of the molecule is CCC1CNC(C(C)C)CCO1. The molecule has 1 heterocycles. The third-order valence-electron chi connectivity index (χ3n) is 2.65. The smallest absolute Gasteiger partial charge is 0.0696 e. The molecule has 0 spiro atoms. The van der Waals surface area contributed by atoms with Crippen molar-refractivity contribution in [1.82, 2.24) is 5.32 Å². The predicted octanol–water partition coefficient (Wildman–Crippen LogP) is 1.80. The van der Waals surface area contributed by atoms with E-state index < -0.39 is 0 Å². The van der Waals surface area contributed by atoms with E-state index in [1.54, 1.807) is 0 Å². The lowest BCUT2D eigenvalue weighted by molar-refractivity contribution is 0.0639. The van der Waals surface area contributed by atoms with Gasteiger partial charge in [0.15, 0.2) is 0 Å². The van der Waals surface area contributed by atoms with Gasteiger partial charge in [-0.15, -0.1) is 0 Å². The molecule has 72 valence electrons. The number of hydrogen-bond acceptors (Lipinski definition) is 2. The van der Waals surface area contributed by atoms with Crippen LogP contribution in [0.3, 0.4) is 0 Å². The van der Waals surface area contributed by atoms with Gasteiger partial charge >= 0.3 is 0 Å². The Morgan fingerprint density at radius 3 is 2.83 bits per heavy atom. The van der Waals surface area contributed by atoms with Crippen molar-refractivity contribution in [1.29, 1.82) is 0 Å². The monoisotopic (exact) mass is 171 g/mol. The molecule has 0 bridgehead atoms. The minimum Gasteiger partial charge on any atom is -0.377 e. The maximum atomic E-state index is 5.67. The second-order valence-corrected chi connectivity index (χ2v) is 3.95. The molecular formula is C10H21NO. The summed E-state index contributed by atoms with van der Waals surface area (Å²) in [7, 11) is 0. The lowest BCUT2D eigenvalue weighted by Gasteiger charge is -2.19. The summed E-state index contributed by atoms with van der Waals surface area (Å²) >= 11 is 0. The van der Waals surface area contributed by atoms with E-state index in [2.05, 4.69) is 26.1 Å². The van der Waals surface area contributed by atoms with Crippen LogP contribution in [0.5, 0.6) is 0 Å². The first-order valence-corrected chi connectivity index (χ1v) is 5.09. The minimum absolute atomic E-state index is 0.439. The predicted molar refractivity (Wildman–Crippen MR) is 51.3 cm³/mol. The van der Waals surface area contributed by atoms with E-state index in [1.165, 1.54) is 0 Å². The zero-order valence-electron chi connectivity index (χ0n) is 8.47. The van der Waals surface area contributed by atoms with Crippen LogP contribution in [-0.2, 0) is 4.74 Å². The summed E-state index contributed by atoms with van der Waals surface area (Å²) in [4.78, 5) is 0. The van der Waals surface area contributed by atoms with Crippen molar-refractivity contribution in [2.24, 2.45) is 5.92 Å². The maximum Gasteiger partial charge on any atom is 0.0696 e. The number of rotatable bonds is 2. The summed E-state index contributed by atoms with van der Waals surface area (Å²) in [6, 6.07) is 0.654. The number of nitrogens with one attached hydrogen (secondary N) is 1. The Bertz CT molecular complexity index is 125. The van der Waals surface area contributed by atoms with E-state index in [9.17, 15) is 0 Å². The van der Waals surface area contributed by atoms with E-state index in [-0.39, 0.29) is 0 Å². The largest absolute Gasteiger partial charge is 0.377 e. The third-order valence-corrected chi connectivity index (χ3v) is 2.65. The van der Waals surface area contributed by atoms with E-state index >= 15 is 0 Å². The molecule has 0 aromatic rings. The fourth-order valence-corrected chi connectivity index (χ4v) is 1.64. The lowest BCUT2D eigenvalue weighted by Crippen LogP contribution is -2.36. The molecule has 0 saturated carbocycles. The summed E-state index contributed by atoms with van der Waals surface area (Å²) < 4.78 is 5.67. The van der Waals surface area contributed by atoms with Gasteiger partial charge in [0.2, 0.25) is 0 Å². The van der Waals surface area contributed by atoms with Gasteiger partial charge in [-0.3, -0.25) is 0 Å². The van der Waals surface area contributed by atoms with Crippen molar-refractivity contribution in [2.75, 3.05) is 13.2 Å². The van der Waals surface area contributed by atoms with Crippen LogP contribution in [0.1, 0.15) is 33.6 Å². The van der Waals surface area contributed by atoms with Crippen molar-refractivity contribution in [3.63, 3.8) is 0 Å². The Hall–Kier alpha value is -0.0800. The normalized spacial score (nSPS) is 32.0. The molecule has 2 atom stereocenters. The average molecular weight is 171 g/mol. The third kappa shape index (κ3) is 2.76. The highest BCUT2D eigenvalue weighted by molar-refractivity contribution is 4.75. The van der Waals surface area contributed by atoms with Gasteiger partial charge in [0.05, 0.1) is 6.10 Å². The van der Waals surface area contributed by atoms with Crippen LogP contribution >= 0.6 is 0 Å². The topological polar surface area (TPSA) is 21.3 Å². The highest BCUT2D eigenvalue weighted by Crippen LogP contribution is 2.11. The van der Waals surface area contributed by atoms with E-state index in [4.69, 9.17) is 4.74 Å². The van der Waals surface area contributed by atoms with Crippen molar-refractivity contribution in [3.05, 3.63) is 0 Å². The van der Waals surface area contributed by atoms with Gasteiger partial charge in [-0.2, -0.15) is 0 Å². The fourth-order valence-electron chi connectivity index (χ4n) is 1.64. The molecule has 2 nitrogen and oxygen atoms in total. The highest BCUT2D eigenvalue weighted by atomic mass is 16.5. The second-order valence-electron chi connectivity index (χ2n) is 3.95. The zero-order chi connectivity index (χ0) is 8.97. The molecule has 1 N–H and O–H groups in total. The van der Waals surface area contributed by atoms with Crippen LogP contribution < -0.4 is 5.32 Å². The number of hydrogen-bond donors (Lipinski definition) is 1. The maximum absolute atomic E-state index is 5.67. The zero-order valence-corrected chi connectivity index (χ0v) is 8.47. The Kier molecular flexibility index (Phi) is 4.02. The van der Waals surface area contributed by atoms with Crippen molar-refractivity contribution < 1.29 is 4.74 Å². The van der Waals surface area contributed by atoms with Crippen LogP contribution in [0.4, 0.5) is 0 Å². The fraction of sp³-hybridized carbons (Fsp3) is 1.00. The molecule has 0 radical (unpaired) electrons. The summed E-state index contributed by atoms with van der Waals surface area (Å²) in [5.74, 6) is 0.726. The molecule has 0 aromatic heterocycles.